The van der Waals surface area contributed by atoms with Crippen molar-refractivity contribution in [3.8, 4) is 0 Å². The summed E-state index contributed by atoms with van der Waals surface area (Å²) in [5.41, 5.74) is 0. The third kappa shape index (κ3) is 1.77. The molecule has 1 fully saturated rings. The maximum absolute atomic E-state index is 10.6. The predicted molar refractivity (Wildman–Crippen MR) is 33.3 cm³/mol. The van der Waals surface area contributed by atoms with Crippen molar-refractivity contribution in [2.75, 3.05) is 19.7 Å². The number of carbonyl (C=O) groups is 1. The van der Waals surface area contributed by atoms with Gasteiger partial charge in [0.1, 0.15) is 6.10 Å². The van der Waals surface area contributed by atoms with Crippen LogP contribution in [0, 0.1) is 0 Å². The molecule has 0 aromatic rings. The molecule has 1 rings (SSSR count). The van der Waals surface area contributed by atoms with Crippen LogP contribution in [-0.4, -0.2) is 31.6 Å². The zero-order valence-electron chi connectivity index (χ0n) is 5.52. The molecule has 0 aromatic heterocycles. The van der Waals surface area contributed by atoms with Crippen molar-refractivity contribution in [3.05, 3.63) is 0 Å². The molecule has 9 heavy (non-hydrogen) atoms. The van der Waals surface area contributed by atoms with Crippen LogP contribution in [0.25, 0.3) is 0 Å². The van der Waals surface area contributed by atoms with Crippen LogP contribution in [0.3, 0.4) is 0 Å². The molecule has 0 aromatic carbocycles. The number of morpholine rings is 1. The predicted octanol–water partition coefficient (Wildman–Crippen LogP) is -0.436. The van der Waals surface area contributed by atoms with E-state index < -0.39 is 0 Å². The zero-order chi connectivity index (χ0) is 6.69. The van der Waals surface area contributed by atoms with Crippen LogP contribution in [0.1, 0.15) is 6.92 Å². The van der Waals surface area contributed by atoms with Gasteiger partial charge in [-0.05, 0) is 6.92 Å². The normalized spacial score (nSPS) is 27.9. The quantitative estimate of drug-likeness (QED) is 0.522. The summed E-state index contributed by atoms with van der Waals surface area (Å²) in [6.45, 7) is 3.75. The lowest BCUT2D eigenvalue weighted by Crippen LogP contribution is -2.42. The van der Waals surface area contributed by atoms with Gasteiger partial charge >= 0.3 is 0 Å². The molecule has 3 nitrogen and oxygen atoms in total. The van der Waals surface area contributed by atoms with Crippen LogP contribution in [0.5, 0.6) is 0 Å². The number of rotatable bonds is 1. The van der Waals surface area contributed by atoms with Gasteiger partial charge in [-0.2, -0.15) is 0 Å². The van der Waals surface area contributed by atoms with Crippen molar-refractivity contribution in [1.29, 1.82) is 0 Å². The van der Waals surface area contributed by atoms with Crippen molar-refractivity contribution in [2.24, 2.45) is 0 Å². The Morgan fingerprint density at radius 3 is 2.89 bits per heavy atom. The molecule has 0 aliphatic carbocycles. The SMILES string of the molecule is CC(=O)[C@@H]1CNCCO1. The number of ether oxygens (including phenoxy) is 1. The van der Waals surface area contributed by atoms with E-state index in [1.165, 1.54) is 0 Å². The maximum Gasteiger partial charge on any atom is 0.159 e. The van der Waals surface area contributed by atoms with Crippen molar-refractivity contribution >= 4 is 5.78 Å². The molecule has 0 amide bonds. The molecule has 0 radical (unpaired) electrons. The number of hydrogen-bond donors (Lipinski definition) is 1. The van der Waals surface area contributed by atoms with Gasteiger partial charge in [0, 0.05) is 13.1 Å². The molecule has 1 heterocycles. The summed E-state index contributed by atoms with van der Waals surface area (Å²) in [4.78, 5) is 10.6. The molecular formula is C6H11NO2. The lowest BCUT2D eigenvalue weighted by molar-refractivity contribution is -0.129. The molecule has 1 atom stereocenters. The second-order valence-corrected chi connectivity index (χ2v) is 2.17. The first-order valence-corrected chi connectivity index (χ1v) is 3.13. The molecule has 3 heteroatoms. The second-order valence-electron chi connectivity index (χ2n) is 2.17. The summed E-state index contributed by atoms with van der Waals surface area (Å²) < 4.78 is 5.13. The van der Waals surface area contributed by atoms with Crippen LogP contribution in [0.4, 0.5) is 0 Å². The summed E-state index contributed by atoms with van der Waals surface area (Å²) in [7, 11) is 0. The average Bonchev–Trinajstić information content (AvgIpc) is 1.90. The van der Waals surface area contributed by atoms with Crippen LogP contribution >= 0.6 is 0 Å². The van der Waals surface area contributed by atoms with Gasteiger partial charge in [0.15, 0.2) is 5.78 Å². The fourth-order valence-electron chi connectivity index (χ4n) is 0.827. The van der Waals surface area contributed by atoms with Crippen LogP contribution in [0.2, 0.25) is 0 Å². The Kier molecular flexibility index (Phi) is 2.19. The molecule has 1 aliphatic heterocycles. The number of nitrogens with one attached hydrogen (secondary N) is 1. The first-order chi connectivity index (χ1) is 4.30. The number of hydrogen-bond acceptors (Lipinski definition) is 3. The molecule has 0 bridgehead atoms. The van der Waals surface area contributed by atoms with Gasteiger partial charge in [0.2, 0.25) is 0 Å². The fraction of sp³-hybridized carbons (Fsp3) is 0.833. The van der Waals surface area contributed by atoms with Gasteiger partial charge in [-0.3, -0.25) is 4.79 Å². The van der Waals surface area contributed by atoms with Crippen LogP contribution in [-0.2, 0) is 9.53 Å². The summed E-state index contributed by atoms with van der Waals surface area (Å²) in [6.07, 6.45) is -0.196. The number of carbonyl (C=O) groups excluding carboxylic acids is 1. The summed E-state index contributed by atoms with van der Waals surface area (Å²) in [5.74, 6) is 0.113. The largest absolute Gasteiger partial charge is 0.368 e. The Balaban J connectivity index is 2.31. The van der Waals surface area contributed by atoms with E-state index in [4.69, 9.17) is 4.74 Å². The molecule has 0 spiro atoms. The van der Waals surface area contributed by atoms with E-state index in [1.54, 1.807) is 6.92 Å². The van der Waals surface area contributed by atoms with Crippen molar-refractivity contribution < 1.29 is 9.53 Å². The second kappa shape index (κ2) is 2.94. The van der Waals surface area contributed by atoms with E-state index in [0.717, 1.165) is 6.54 Å². The van der Waals surface area contributed by atoms with Crippen molar-refractivity contribution in [2.45, 2.75) is 13.0 Å². The van der Waals surface area contributed by atoms with Crippen molar-refractivity contribution in [3.63, 3.8) is 0 Å². The van der Waals surface area contributed by atoms with E-state index >= 15 is 0 Å². The van der Waals surface area contributed by atoms with E-state index in [9.17, 15) is 4.79 Å². The van der Waals surface area contributed by atoms with Crippen molar-refractivity contribution in [1.82, 2.24) is 5.32 Å². The Morgan fingerprint density at radius 1 is 1.78 bits per heavy atom. The zero-order valence-corrected chi connectivity index (χ0v) is 5.52. The average molecular weight is 129 g/mol. The molecule has 1 saturated heterocycles. The third-order valence-electron chi connectivity index (χ3n) is 1.38. The lowest BCUT2D eigenvalue weighted by Gasteiger charge is -2.20. The minimum Gasteiger partial charge on any atom is -0.368 e. The fourth-order valence-corrected chi connectivity index (χ4v) is 0.827. The Morgan fingerprint density at radius 2 is 2.56 bits per heavy atom. The van der Waals surface area contributed by atoms with E-state index in [2.05, 4.69) is 5.32 Å². The molecule has 1 N–H and O–H groups in total. The maximum atomic E-state index is 10.6. The van der Waals surface area contributed by atoms with Gasteiger partial charge < -0.3 is 10.1 Å². The smallest absolute Gasteiger partial charge is 0.159 e. The van der Waals surface area contributed by atoms with Gasteiger partial charge in [0.05, 0.1) is 6.61 Å². The summed E-state index contributed by atoms with van der Waals surface area (Å²) in [5, 5.41) is 3.07. The van der Waals surface area contributed by atoms with E-state index in [0.29, 0.717) is 13.2 Å². The lowest BCUT2D eigenvalue weighted by atomic mass is 10.2. The highest BCUT2D eigenvalue weighted by molar-refractivity contribution is 5.80. The van der Waals surface area contributed by atoms with Crippen LogP contribution < -0.4 is 5.32 Å². The molecule has 52 valence electrons. The minimum absolute atomic E-state index is 0.113. The standard InChI is InChI=1S/C6H11NO2/c1-5(8)6-4-7-2-3-9-6/h6-7H,2-4H2,1H3/t6-/m0/s1. The Bertz CT molecular complexity index is 108. The minimum atomic E-state index is -0.196. The van der Waals surface area contributed by atoms with E-state index in [-0.39, 0.29) is 11.9 Å². The van der Waals surface area contributed by atoms with Gasteiger partial charge in [-0.1, -0.05) is 0 Å². The van der Waals surface area contributed by atoms with Crippen LogP contribution in [0.15, 0.2) is 0 Å². The summed E-state index contributed by atoms with van der Waals surface area (Å²) in [6, 6.07) is 0. The van der Waals surface area contributed by atoms with Gasteiger partial charge in [0.25, 0.3) is 0 Å². The molecule has 1 aliphatic rings. The molecular weight excluding hydrogens is 118 g/mol. The number of ketones is 1. The Labute approximate surface area is 54.4 Å². The Hall–Kier alpha value is -0.410. The third-order valence-corrected chi connectivity index (χ3v) is 1.38. The first kappa shape index (κ1) is 6.71. The highest BCUT2D eigenvalue weighted by atomic mass is 16.5. The molecule has 0 saturated carbocycles. The van der Waals surface area contributed by atoms with Gasteiger partial charge in [-0.25, -0.2) is 0 Å². The highest BCUT2D eigenvalue weighted by Crippen LogP contribution is 1.95. The monoisotopic (exact) mass is 129 g/mol. The first-order valence-electron chi connectivity index (χ1n) is 3.13. The van der Waals surface area contributed by atoms with E-state index in [1.807, 2.05) is 0 Å². The highest BCUT2D eigenvalue weighted by Gasteiger charge is 2.16. The van der Waals surface area contributed by atoms with Gasteiger partial charge in [-0.15, -0.1) is 0 Å². The number of Topliss-reactive ketones (excluding diaryl/α,β-unsaturated/α-hetero) is 1. The molecule has 0 unspecified atom stereocenters. The summed E-state index contributed by atoms with van der Waals surface area (Å²) >= 11 is 0. The topological polar surface area (TPSA) is 38.3 Å².